The molecule has 0 saturated heterocycles. The van der Waals surface area contributed by atoms with Gasteiger partial charge in [-0.05, 0) is 43.5 Å². The molecule has 0 bridgehead atoms. The minimum atomic E-state index is -0.680. The number of aromatic nitrogens is 3. The number of hydrogen-bond acceptors (Lipinski definition) is 5. The summed E-state index contributed by atoms with van der Waals surface area (Å²) in [6.45, 7) is 5.67. The first-order valence-electron chi connectivity index (χ1n) is 10.3. The minimum Gasteiger partial charge on any atom is -0.443 e. The van der Waals surface area contributed by atoms with Crippen molar-refractivity contribution in [3.8, 4) is 17.2 Å². The Kier molecular flexibility index (Phi) is 6.03. The molecular formula is C25H22ClN5O2. The van der Waals surface area contributed by atoms with Gasteiger partial charge in [0.1, 0.15) is 16.6 Å². The number of ether oxygens (including phenoxy) is 1. The van der Waals surface area contributed by atoms with Crippen LogP contribution in [0.15, 0.2) is 66.9 Å². The number of amides is 1. The summed E-state index contributed by atoms with van der Waals surface area (Å²) >= 11 is 6.23. The number of carbonyl (C=O) groups excluding carboxylic acids is 1. The van der Waals surface area contributed by atoms with Crippen LogP contribution in [0.25, 0.3) is 16.8 Å². The maximum Gasteiger partial charge on any atom is 0.416 e. The van der Waals surface area contributed by atoms with E-state index in [1.807, 2.05) is 63.2 Å². The van der Waals surface area contributed by atoms with Gasteiger partial charge in [-0.15, -0.1) is 0 Å². The first kappa shape index (κ1) is 22.3. The van der Waals surface area contributed by atoms with Gasteiger partial charge in [-0.3, -0.25) is 4.90 Å². The number of hydrogen-bond donors (Lipinski definition) is 0. The molecule has 4 rings (SSSR count). The monoisotopic (exact) mass is 459 g/mol. The predicted octanol–water partition coefficient (Wildman–Crippen LogP) is 5.86. The average molecular weight is 460 g/mol. The second-order valence-corrected chi connectivity index (χ2v) is 8.85. The van der Waals surface area contributed by atoms with Crippen LogP contribution in [-0.4, -0.2) is 26.3 Å². The standard InChI is InChI=1S/C25H22ClN5O2/c1-25(2,3)33-24(32)30(23-14-21(26)29-22-12-13-28-31(22)23)16-17-8-10-18(11-9-17)20-7-5-4-6-19(20)15-27/h4-14H,16H2,1-3H3. The summed E-state index contributed by atoms with van der Waals surface area (Å²) in [7, 11) is 0. The summed E-state index contributed by atoms with van der Waals surface area (Å²) in [6.07, 6.45) is 1.07. The molecule has 0 aliphatic carbocycles. The van der Waals surface area contributed by atoms with Crippen LogP contribution in [0.2, 0.25) is 5.15 Å². The van der Waals surface area contributed by atoms with Crippen LogP contribution in [0.4, 0.5) is 10.6 Å². The van der Waals surface area contributed by atoms with Gasteiger partial charge < -0.3 is 4.74 Å². The van der Waals surface area contributed by atoms with E-state index < -0.39 is 11.7 Å². The maximum absolute atomic E-state index is 13.2. The molecule has 166 valence electrons. The molecular weight excluding hydrogens is 438 g/mol. The number of anilines is 1. The van der Waals surface area contributed by atoms with E-state index in [1.54, 1.807) is 28.9 Å². The summed E-state index contributed by atoms with van der Waals surface area (Å²) in [5.74, 6) is 0.447. The minimum absolute atomic E-state index is 0.227. The van der Waals surface area contributed by atoms with Crippen LogP contribution in [-0.2, 0) is 11.3 Å². The Labute approximate surface area is 196 Å². The number of nitriles is 1. The highest BCUT2D eigenvalue weighted by Crippen LogP contribution is 2.27. The number of benzene rings is 2. The third kappa shape index (κ3) is 4.97. The number of rotatable bonds is 4. The second-order valence-electron chi connectivity index (χ2n) is 8.46. The smallest absolute Gasteiger partial charge is 0.416 e. The van der Waals surface area contributed by atoms with Crippen LogP contribution in [0.1, 0.15) is 31.9 Å². The molecule has 0 N–H and O–H groups in total. The molecule has 4 aromatic rings. The molecule has 2 aromatic heterocycles. The van der Waals surface area contributed by atoms with Gasteiger partial charge in [-0.25, -0.2) is 9.78 Å². The molecule has 0 saturated carbocycles. The summed E-state index contributed by atoms with van der Waals surface area (Å²) in [5.41, 5.74) is 3.09. The zero-order valence-electron chi connectivity index (χ0n) is 18.5. The predicted molar refractivity (Wildman–Crippen MR) is 127 cm³/mol. The first-order valence-corrected chi connectivity index (χ1v) is 10.7. The van der Waals surface area contributed by atoms with E-state index in [-0.39, 0.29) is 11.7 Å². The molecule has 0 unspecified atom stereocenters. The summed E-state index contributed by atoms with van der Waals surface area (Å²) < 4.78 is 7.21. The van der Waals surface area contributed by atoms with Crippen LogP contribution < -0.4 is 4.90 Å². The Morgan fingerprint density at radius 3 is 2.58 bits per heavy atom. The Balaban J connectivity index is 1.71. The molecule has 2 aromatic carbocycles. The number of fused-ring (bicyclic) bond motifs is 1. The van der Waals surface area contributed by atoms with Gasteiger partial charge in [0.2, 0.25) is 0 Å². The highest BCUT2D eigenvalue weighted by Gasteiger charge is 2.26. The van der Waals surface area contributed by atoms with Crippen molar-refractivity contribution in [3.63, 3.8) is 0 Å². The quantitative estimate of drug-likeness (QED) is 0.357. The molecule has 0 aliphatic rings. The molecule has 1 amide bonds. The van der Waals surface area contributed by atoms with Crippen molar-refractivity contribution in [3.05, 3.63) is 83.1 Å². The lowest BCUT2D eigenvalue weighted by Crippen LogP contribution is -2.37. The van der Waals surface area contributed by atoms with E-state index in [4.69, 9.17) is 16.3 Å². The Hall–Kier alpha value is -3.89. The Bertz CT molecular complexity index is 1350. The van der Waals surface area contributed by atoms with Gasteiger partial charge in [0.25, 0.3) is 0 Å². The SMILES string of the molecule is CC(C)(C)OC(=O)N(Cc1ccc(-c2ccccc2C#N)cc1)c1cc(Cl)nc2ccnn12. The van der Waals surface area contributed by atoms with Crippen molar-refractivity contribution in [2.75, 3.05) is 4.90 Å². The number of halogens is 1. The van der Waals surface area contributed by atoms with Crippen molar-refractivity contribution < 1.29 is 9.53 Å². The third-order valence-corrected chi connectivity index (χ3v) is 5.05. The van der Waals surface area contributed by atoms with E-state index in [2.05, 4.69) is 16.2 Å². The molecule has 0 spiro atoms. The molecule has 2 heterocycles. The fourth-order valence-corrected chi connectivity index (χ4v) is 3.60. The van der Waals surface area contributed by atoms with E-state index in [1.165, 1.54) is 4.90 Å². The van der Waals surface area contributed by atoms with Gasteiger partial charge in [0, 0.05) is 12.1 Å². The second kappa shape index (κ2) is 8.93. The topological polar surface area (TPSA) is 83.5 Å². The van der Waals surface area contributed by atoms with Crippen molar-refractivity contribution in [1.82, 2.24) is 14.6 Å². The van der Waals surface area contributed by atoms with E-state index in [0.29, 0.717) is 17.0 Å². The van der Waals surface area contributed by atoms with Gasteiger partial charge in [0.15, 0.2) is 5.65 Å². The molecule has 0 atom stereocenters. The van der Waals surface area contributed by atoms with E-state index in [0.717, 1.165) is 16.7 Å². The zero-order valence-corrected chi connectivity index (χ0v) is 19.2. The van der Waals surface area contributed by atoms with Crippen LogP contribution in [0, 0.1) is 11.3 Å². The Morgan fingerprint density at radius 1 is 1.15 bits per heavy atom. The summed E-state index contributed by atoms with van der Waals surface area (Å²) in [6, 6.07) is 20.7. The van der Waals surface area contributed by atoms with E-state index >= 15 is 0 Å². The largest absolute Gasteiger partial charge is 0.443 e. The van der Waals surface area contributed by atoms with Crippen LogP contribution >= 0.6 is 11.6 Å². The third-order valence-electron chi connectivity index (χ3n) is 4.85. The van der Waals surface area contributed by atoms with Gasteiger partial charge in [-0.1, -0.05) is 54.1 Å². The van der Waals surface area contributed by atoms with Gasteiger partial charge >= 0.3 is 6.09 Å². The zero-order chi connectivity index (χ0) is 23.6. The fraction of sp³-hybridized carbons (Fsp3) is 0.200. The first-order chi connectivity index (χ1) is 15.7. The van der Waals surface area contributed by atoms with Crippen molar-refractivity contribution in [2.24, 2.45) is 0 Å². The lowest BCUT2D eigenvalue weighted by Gasteiger charge is -2.27. The summed E-state index contributed by atoms with van der Waals surface area (Å²) in [4.78, 5) is 18.9. The van der Waals surface area contributed by atoms with Crippen LogP contribution in [0.3, 0.4) is 0 Å². The van der Waals surface area contributed by atoms with Gasteiger partial charge in [0.05, 0.1) is 24.4 Å². The van der Waals surface area contributed by atoms with Crippen LogP contribution in [0.5, 0.6) is 0 Å². The molecule has 0 radical (unpaired) electrons. The van der Waals surface area contributed by atoms with Crippen molar-refractivity contribution >= 4 is 29.2 Å². The number of nitrogens with zero attached hydrogens (tertiary/aromatic N) is 5. The Morgan fingerprint density at radius 2 is 1.88 bits per heavy atom. The van der Waals surface area contributed by atoms with Crippen molar-refractivity contribution in [2.45, 2.75) is 32.9 Å². The molecule has 7 nitrogen and oxygen atoms in total. The molecule has 8 heteroatoms. The lowest BCUT2D eigenvalue weighted by atomic mass is 9.99. The maximum atomic E-state index is 13.2. The molecule has 0 aliphatic heterocycles. The van der Waals surface area contributed by atoms with E-state index in [9.17, 15) is 10.1 Å². The number of carbonyl (C=O) groups is 1. The average Bonchev–Trinajstić information content (AvgIpc) is 3.24. The molecule has 33 heavy (non-hydrogen) atoms. The lowest BCUT2D eigenvalue weighted by molar-refractivity contribution is 0.0575. The summed E-state index contributed by atoms with van der Waals surface area (Å²) in [5, 5.41) is 13.9. The highest BCUT2D eigenvalue weighted by atomic mass is 35.5. The van der Waals surface area contributed by atoms with Gasteiger partial charge in [-0.2, -0.15) is 14.9 Å². The molecule has 0 fully saturated rings. The fourth-order valence-electron chi connectivity index (χ4n) is 3.42. The normalized spacial score (nSPS) is 11.2. The van der Waals surface area contributed by atoms with Crippen molar-refractivity contribution in [1.29, 1.82) is 5.26 Å². The highest BCUT2D eigenvalue weighted by molar-refractivity contribution is 6.29.